The molecule has 1 amide bonds. The normalized spacial score (nSPS) is 12.5. The number of hydrogen-bond donors (Lipinski definition) is 2. The highest BCUT2D eigenvalue weighted by Gasteiger charge is 2.12. The summed E-state index contributed by atoms with van der Waals surface area (Å²) in [5.74, 6) is -0.638. The number of carboxylic acids is 1. The first kappa shape index (κ1) is 14.9. The van der Waals surface area contributed by atoms with Gasteiger partial charge in [0.15, 0.2) is 0 Å². The molecule has 0 aliphatic heterocycles. The average molecular weight is 231 g/mol. The first-order chi connectivity index (χ1) is 7.43. The lowest BCUT2D eigenvalue weighted by Gasteiger charge is -2.13. The van der Waals surface area contributed by atoms with Crippen LogP contribution in [0.1, 0.15) is 33.6 Å². The summed E-state index contributed by atoms with van der Waals surface area (Å²) in [5, 5.41) is 10.9. The van der Waals surface area contributed by atoms with Crippen LogP contribution in [0.5, 0.6) is 0 Å². The lowest BCUT2D eigenvalue weighted by Crippen LogP contribution is -2.36. The van der Waals surface area contributed by atoms with E-state index in [4.69, 9.17) is 9.84 Å². The van der Waals surface area contributed by atoms with E-state index in [9.17, 15) is 9.59 Å². The number of amides is 1. The number of carbonyl (C=O) groups is 2. The Morgan fingerprint density at radius 3 is 2.44 bits per heavy atom. The summed E-state index contributed by atoms with van der Waals surface area (Å²) >= 11 is 0. The van der Waals surface area contributed by atoms with Crippen molar-refractivity contribution in [3.05, 3.63) is 0 Å². The van der Waals surface area contributed by atoms with Crippen LogP contribution in [-0.2, 0) is 14.3 Å². The highest BCUT2D eigenvalue weighted by molar-refractivity contribution is 5.80. The van der Waals surface area contributed by atoms with Gasteiger partial charge >= 0.3 is 5.97 Å². The topological polar surface area (TPSA) is 75.6 Å². The predicted molar refractivity (Wildman–Crippen MR) is 60.1 cm³/mol. The molecule has 94 valence electrons. The number of carboxylic acid groups (broad SMARTS) is 1. The number of ether oxygens (including phenoxy) is 1. The van der Waals surface area contributed by atoms with Crippen molar-refractivity contribution in [3.8, 4) is 0 Å². The lowest BCUT2D eigenvalue weighted by molar-refractivity contribution is -0.137. The quantitative estimate of drug-likeness (QED) is 0.654. The number of rotatable bonds is 8. The van der Waals surface area contributed by atoms with Crippen LogP contribution in [0.25, 0.3) is 0 Å². The summed E-state index contributed by atoms with van der Waals surface area (Å²) in [4.78, 5) is 21.6. The van der Waals surface area contributed by atoms with Crippen molar-refractivity contribution in [1.29, 1.82) is 0 Å². The molecule has 0 aromatic rings. The van der Waals surface area contributed by atoms with Crippen LogP contribution < -0.4 is 5.32 Å². The molecule has 0 aromatic carbocycles. The fourth-order valence-electron chi connectivity index (χ4n) is 0.993. The first-order valence-corrected chi connectivity index (χ1v) is 5.54. The van der Waals surface area contributed by atoms with Crippen molar-refractivity contribution in [2.45, 2.75) is 39.7 Å². The van der Waals surface area contributed by atoms with Gasteiger partial charge in [-0.15, -0.1) is 0 Å². The van der Waals surface area contributed by atoms with E-state index < -0.39 is 12.1 Å². The molecular formula is C11H21NO4. The minimum atomic E-state index is -0.923. The Balaban J connectivity index is 3.61. The molecular weight excluding hydrogens is 210 g/mol. The predicted octanol–water partition coefficient (Wildman–Crippen LogP) is 1.03. The van der Waals surface area contributed by atoms with Crippen LogP contribution in [0.15, 0.2) is 0 Å². The zero-order valence-corrected chi connectivity index (χ0v) is 10.2. The van der Waals surface area contributed by atoms with E-state index in [1.54, 1.807) is 6.92 Å². The van der Waals surface area contributed by atoms with E-state index in [0.717, 1.165) is 6.42 Å². The second-order valence-corrected chi connectivity index (χ2v) is 4.13. The SMILES string of the molecule is CC(C)CCOC(C)C(=O)NCCC(=O)O. The van der Waals surface area contributed by atoms with Crippen molar-refractivity contribution in [2.75, 3.05) is 13.2 Å². The van der Waals surface area contributed by atoms with E-state index >= 15 is 0 Å². The molecule has 16 heavy (non-hydrogen) atoms. The Hall–Kier alpha value is -1.10. The summed E-state index contributed by atoms with van der Waals surface area (Å²) in [5.41, 5.74) is 0. The molecule has 0 saturated heterocycles. The standard InChI is InChI=1S/C11H21NO4/c1-8(2)5-7-16-9(3)11(15)12-6-4-10(13)14/h8-9H,4-7H2,1-3H3,(H,12,15)(H,13,14). The molecule has 0 aromatic heterocycles. The zero-order valence-electron chi connectivity index (χ0n) is 10.2. The number of nitrogens with one attached hydrogen (secondary N) is 1. The van der Waals surface area contributed by atoms with E-state index in [2.05, 4.69) is 19.2 Å². The maximum atomic E-state index is 11.4. The molecule has 0 aliphatic rings. The second-order valence-electron chi connectivity index (χ2n) is 4.13. The average Bonchev–Trinajstić information content (AvgIpc) is 2.16. The third-order valence-electron chi connectivity index (χ3n) is 2.07. The highest BCUT2D eigenvalue weighted by Crippen LogP contribution is 2.01. The van der Waals surface area contributed by atoms with Gasteiger partial charge in [0.25, 0.3) is 0 Å². The smallest absolute Gasteiger partial charge is 0.305 e. The molecule has 0 fully saturated rings. The highest BCUT2D eigenvalue weighted by atomic mass is 16.5. The van der Waals surface area contributed by atoms with E-state index in [0.29, 0.717) is 12.5 Å². The van der Waals surface area contributed by atoms with E-state index in [1.807, 2.05) is 0 Å². The Bertz CT molecular complexity index is 228. The minimum Gasteiger partial charge on any atom is -0.481 e. The van der Waals surface area contributed by atoms with Crippen LogP contribution in [-0.4, -0.2) is 36.2 Å². The van der Waals surface area contributed by atoms with Crippen molar-refractivity contribution < 1.29 is 19.4 Å². The third-order valence-corrected chi connectivity index (χ3v) is 2.07. The van der Waals surface area contributed by atoms with Gasteiger partial charge < -0.3 is 15.2 Å². The van der Waals surface area contributed by atoms with Gasteiger partial charge in [0.05, 0.1) is 6.42 Å². The summed E-state index contributed by atoms with van der Waals surface area (Å²) < 4.78 is 5.31. The second kappa shape index (κ2) is 8.10. The van der Waals surface area contributed by atoms with Crippen molar-refractivity contribution in [2.24, 2.45) is 5.92 Å². The van der Waals surface area contributed by atoms with Gasteiger partial charge in [-0.2, -0.15) is 0 Å². The van der Waals surface area contributed by atoms with Gasteiger partial charge in [0, 0.05) is 13.2 Å². The maximum Gasteiger partial charge on any atom is 0.305 e. The van der Waals surface area contributed by atoms with Crippen molar-refractivity contribution >= 4 is 11.9 Å². The largest absolute Gasteiger partial charge is 0.481 e. The van der Waals surface area contributed by atoms with Crippen LogP contribution in [0.3, 0.4) is 0 Å². The first-order valence-electron chi connectivity index (χ1n) is 5.54. The van der Waals surface area contributed by atoms with Crippen molar-refractivity contribution in [3.63, 3.8) is 0 Å². The zero-order chi connectivity index (χ0) is 12.6. The fourth-order valence-corrected chi connectivity index (χ4v) is 0.993. The molecule has 1 atom stereocenters. The Kier molecular flexibility index (Phi) is 7.54. The van der Waals surface area contributed by atoms with Crippen LogP contribution in [0, 0.1) is 5.92 Å². The van der Waals surface area contributed by atoms with Gasteiger partial charge in [0.2, 0.25) is 5.91 Å². The van der Waals surface area contributed by atoms with Crippen LogP contribution in [0.4, 0.5) is 0 Å². The third kappa shape index (κ3) is 8.23. The molecule has 0 saturated carbocycles. The summed E-state index contributed by atoms with van der Waals surface area (Å²) in [6, 6.07) is 0. The Morgan fingerprint density at radius 1 is 1.31 bits per heavy atom. The number of carbonyl (C=O) groups excluding carboxylic acids is 1. The lowest BCUT2D eigenvalue weighted by atomic mass is 10.1. The van der Waals surface area contributed by atoms with Gasteiger partial charge in [0.1, 0.15) is 6.10 Å². The molecule has 0 aliphatic carbocycles. The number of aliphatic carboxylic acids is 1. The van der Waals surface area contributed by atoms with Gasteiger partial charge in [-0.05, 0) is 19.3 Å². The van der Waals surface area contributed by atoms with Gasteiger partial charge in [-0.3, -0.25) is 9.59 Å². The van der Waals surface area contributed by atoms with Crippen LogP contribution >= 0.6 is 0 Å². The maximum absolute atomic E-state index is 11.4. The summed E-state index contributed by atoms with van der Waals surface area (Å²) in [6.07, 6.45) is 0.324. The Labute approximate surface area is 96.2 Å². The van der Waals surface area contributed by atoms with Gasteiger partial charge in [-0.1, -0.05) is 13.8 Å². The fraction of sp³-hybridized carbons (Fsp3) is 0.818. The summed E-state index contributed by atoms with van der Waals surface area (Å²) in [6.45, 7) is 6.52. The van der Waals surface area contributed by atoms with Crippen LogP contribution in [0.2, 0.25) is 0 Å². The molecule has 0 bridgehead atoms. The number of hydrogen-bond acceptors (Lipinski definition) is 3. The molecule has 5 nitrogen and oxygen atoms in total. The minimum absolute atomic E-state index is 0.0650. The molecule has 0 rings (SSSR count). The molecule has 2 N–H and O–H groups in total. The molecule has 0 heterocycles. The van der Waals surface area contributed by atoms with E-state index in [1.165, 1.54) is 0 Å². The monoisotopic (exact) mass is 231 g/mol. The molecule has 5 heteroatoms. The Morgan fingerprint density at radius 2 is 1.94 bits per heavy atom. The molecule has 0 radical (unpaired) electrons. The molecule has 0 spiro atoms. The van der Waals surface area contributed by atoms with Crippen molar-refractivity contribution in [1.82, 2.24) is 5.32 Å². The summed E-state index contributed by atoms with van der Waals surface area (Å²) in [7, 11) is 0. The molecule has 1 unspecified atom stereocenters. The van der Waals surface area contributed by atoms with E-state index in [-0.39, 0.29) is 18.9 Å². The van der Waals surface area contributed by atoms with Gasteiger partial charge in [-0.25, -0.2) is 0 Å².